The molecule has 0 aromatic rings. The fourth-order valence-corrected chi connectivity index (χ4v) is 0.405. The number of rotatable bonds is 2. The van der Waals surface area contributed by atoms with Crippen LogP contribution in [0.1, 0.15) is 6.92 Å². The van der Waals surface area contributed by atoms with E-state index >= 15 is 0 Å². The van der Waals surface area contributed by atoms with Crippen molar-refractivity contribution in [3.63, 3.8) is 0 Å². The minimum atomic E-state index is 0.588. The van der Waals surface area contributed by atoms with E-state index in [9.17, 15) is 0 Å². The van der Waals surface area contributed by atoms with Crippen LogP contribution in [0.4, 0.5) is 0 Å². The van der Waals surface area contributed by atoms with E-state index in [2.05, 4.69) is 13.2 Å². The van der Waals surface area contributed by atoms with Gasteiger partial charge in [-0.25, -0.2) is 0 Å². The lowest BCUT2D eigenvalue weighted by atomic mass is 10.1. The molecule has 0 saturated carbocycles. The van der Waals surface area contributed by atoms with E-state index in [0.717, 1.165) is 5.57 Å². The summed E-state index contributed by atoms with van der Waals surface area (Å²) < 4.78 is 0. The lowest BCUT2D eigenvalue weighted by molar-refractivity contribution is 1.43. The van der Waals surface area contributed by atoms with Crippen molar-refractivity contribution < 1.29 is 0 Å². The first-order chi connectivity index (χ1) is 4.26. The van der Waals surface area contributed by atoms with Crippen LogP contribution in [0.15, 0.2) is 36.5 Å². The van der Waals surface area contributed by atoms with Crippen molar-refractivity contribution in [3.05, 3.63) is 36.5 Å². The van der Waals surface area contributed by atoms with Crippen LogP contribution in [-0.2, 0) is 0 Å². The van der Waals surface area contributed by atoms with E-state index in [1.54, 1.807) is 6.08 Å². The van der Waals surface area contributed by atoms with E-state index < -0.39 is 0 Å². The highest BCUT2D eigenvalue weighted by molar-refractivity contribution is 5.39. The van der Waals surface area contributed by atoms with Crippen LogP contribution >= 0.6 is 0 Å². The highest BCUT2D eigenvalue weighted by Crippen LogP contribution is 2.03. The first-order valence-corrected chi connectivity index (χ1v) is 2.62. The van der Waals surface area contributed by atoms with Gasteiger partial charge in [0.25, 0.3) is 0 Å². The second-order valence-corrected chi connectivity index (χ2v) is 1.62. The van der Waals surface area contributed by atoms with Gasteiger partial charge in [-0.2, -0.15) is 5.26 Å². The first kappa shape index (κ1) is 7.71. The Morgan fingerprint density at radius 1 is 1.44 bits per heavy atom. The molecule has 46 valence electrons. The molecule has 0 saturated heterocycles. The summed E-state index contributed by atoms with van der Waals surface area (Å²) in [6.45, 7) is 8.82. The maximum absolute atomic E-state index is 8.40. The van der Waals surface area contributed by atoms with Crippen molar-refractivity contribution in [1.82, 2.24) is 0 Å². The summed E-state index contributed by atoms with van der Waals surface area (Å²) in [7, 11) is 0. The van der Waals surface area contributed by atoms with Crippen molar-refractivity contribution in [2.24, 2.45) is 0 Å². The summed E-state index contributed by atoms with van der Waals surface area (Å²) in [5.74, 6) is 0. The van der Waals surface area contributed by atoms with Crippen LogP contribution in [0.2, 0.25) is 0 Å². The molecular formula is C8H9N. The Labute approximate surface area is 55.6 Å². The molecule has 0 rings (SSSR count). The molecule has 1 heteroatoms. The lowest BCUT2D eigenvalue weighted by Crippen LogP contribution is -1.75. The summed E-state index contributed by atoms with van der Waals surface area (Å²) in [4.78, 5) is 0. The molecule has 0 radical (unpaired) electrons. The van der Waals surface area contributed by atoms with Crippen molar-refractivity contribution in [3.8, 4) is 6.07 Å². The predicted molar refractivity (Wildman–Crippen MR) is 38.7 cm³/mol. The van der Waals surface area contributed by atoms with Crippen molar-refractivity contribution in [1.29, 1.82) is 5.26 Å². The smallest absolute Gasteiger partial charge is 0.0994 e. The Morgan fingerprint density at radius 2 is 2.00 bits per heavy atom. The summed E-state index contributed by atoms with van der Waals surface area (Å²) in [5.41, 5.74) is 1.46. The molecule has 0 atom stereocenters. The largest absolute Gasteiger partial charge is 0.192 e. The molecule has 0 bridgehead atoms. The van der Waals surface area contributed by atoms with Gasteiger partial charge in [-0.05, 0) is 12.5 Å². The summed E-state index contributed by atoms with van der Waals surface area (Å²) in [6, 6.07) is 1.99. The van der Waals surface area contributed by atoms with E-state index in [4.69, 9.17) is 5.26 Å². The van der Waals surface area contributed by atoms with Crippen LogP contribution in [-0.4, -0.2) is 0 Å². The van der Waals surface area contributed by atoms with Gasteiger partial charge in [0, 0.05) is 0 Å². The summed E-state index contributed by atoms with van der Waals surface area (Å²) in [6.07, 6.45) is 3.16. The molecule has 0 N–H and O–H groups in total. The third-order valence-electron chi connectivity index (χ3n) is 1.06. The van der Waals surface area contributed by atoms with Crippen molar-refractivity contribution in [2.45, 2.75) is 6.92 Å². The Hall–Kier alpha value is -1.29. The van der Waals surface area contributed by atoms with Crippen LogP contribution in [0.3, 0.4) is 0 Å². The molecule has 0 unspecified atom stereocenters. The monoisotopic (exact) mass is 119 g/mol. The summed E-state index contributed by atoms with van der Waals surface area (Å²) >= 11 is 0. The highest BCUT2D eigenvalue weighted by Gasteiger charge is 1.89. The van der Waals surface area contributed by atoms with Crippen LogP contribution in [0.5, 0.6) is 0 Å². The van der Waals surface area contributed by atoms with Gasteiger partial charge in [-0.3, -0.25) is 0 Å². The number of nitriles is 1. The Kier molecular flexibility index (Phi) is 3.15. The molecule has 0 aliphatic rings. The lowest BCUT2D eigenvalue weighted by Gasteiger charge is -1.89. The molecule has 0 heterocycles. The molecule has 0 fully saturated rings. The zero-order valence-corrected chi connectivity index (χ0v) is 5.52. The van der Waals surface area contributed by atoms with E-state index in [0.29, 0.717) is 5.57 Å². The predicted octanol–water partition coefficient (Wildman–Crippen LogP) is 2.20. The summed E-state index contributed by atoms with van der Waals surface area (Å²) in [5, 5.41) is 8.40. The molecular weight excluding hydrogens is 110 g/mol. The molecule has 9 heavy (non-hydrogen) atoms. The van der Waals surface area contributed by atoms with Crippen molar-refractivity contribution in [2.75, 3.05) is 0 Å². The van der Waals surface area contributed by atoms with Gasteiger partial charge in [0.15, 0.2) is 0 Å². The van der Waals surface area contributed by atoms with E-state index in [1.165, 1.54) is 6.08 Å². The van der Waals surface area contributed by atoms with Crippen molar-refractivity contribution >= 4 is 0 Å². The second-order valence-electron chi connectivity index (χ2n) is 1.62. The number of hydrogen-bond donors (Lipinski definition) is 0. The maximum atomic E-state index is 8.40. The Bertz CT molecular complexity index is 191. The number of nitrogens with zero attached hydrogens (tertiary/aromatic N) is 1. The molecule has 0 aromatic carbocycles. The average Bonchev–Trinajstić information content (AvgIpc) is 1.90. The van der Waals surface area contributed by atoms with Gasteiger partial charge in [-0.1, -0.05) is 25.3 Å². The average molecular weight is 119 g/mol. The third-order valence-corrected chi connectivity index (χ3v) is 1.06. The standard InChI is InChI=1S/C8H9N/c1-4-7(3)8(5-2)6-9/h4-5H,1-2H2,3H3. The Balaban J connectivity index is 4.63. The van der Waals surface area contributed by atoms with Crippen LogP contribution in [0.25, 0.3) is 0 Å². The number of hydrogen-bond acceptors (Lipinski definition) is 1. The zero-order valence-electron chi connectivity index (χ0n) is 5.52. The van der Waals surface area contributed by atoms with Crippen LogP contribution < -0.4 is 0 Å². The van der Waals surface area contributed by atoms with Gasteiger partial charge >= 0.3 is 0 Å². The topological polar surface area (TPSA) is 23.8 Å². The fraction of sp³-hybridized carbons (Fsp3) is 0.125. The first-order valence-electron chi connectivity index (χ1n) is 2.62. The minimum absolute atomic E-state index is 0.588. The number of allylic oxidation sites excluding steroid dienone is 4. The van der Waals surface area contributed by atoms with Gasteiger partial charge in [0.1, 0.15) is 0 Å². The highest BCUT2D eigenvalue weighted by atomic mass is 14.2. The second kappa shape index (κ2) is 3.68. The van der Waals surface area contributed by atoms with Crippen LogP contribution in [0, 0.1) is 11.3 Å². The van der Waals surface area contributed by atoms with Gasteiger partial charge < -0.3 is 0 Å². The molecule has 1 nitrogen and oxygen atoms in total. The third kappa shape index (κ3) is 1.96. The fourth-order valence-electron chi connectivity index (χ4n) is 0.405. The van der Waals surface area contributed by atoms with Gasteiger partial charge in [0.05, 0.1) is 11.6 Å². The molecule has 0 amide bonds. The molecule has 0 aliphatic carbocycles. The molecule has 0 aliphatic heterocycles. The Morgan fingerprint density at radius 3 is 2.11 bits per heavy atom. The SMILES string of the molecule is C=CC(C)=C(C#N)C=C. The molecule has 0 spiro atoms. The quantitative estimate of drug-likeness (QED) is 0.404. The van der Waals surface area contributed by atoms with Gasteiger partial charge in [0.2, 0.25) is 0 Å². The zero-order chi connectivity index (χ0) is 7.28. The van der Waals surface area contributed by atoms with E-state index in [-0.39, 0.29) is 0 Å². The molecule has 0 aromatic heterocycles. The van der Waals surface area contributed by atoms with E-state index in [1.807, 2.05) is 13.0 Å². The normalized spacial score (nSPS) is 11.1. The minimum Gasteiger partial charge on any atom is -0.192 e. The maximum Gasteiger partial charge on any atom is 0.0994 e. The van der Waals surface area contributed by atoms with Gasteiger partial charge in [-0.15, -0.1) is 0 Å².